The summed E-state index contributed by atoms with van der Waals surface area (Å²) in [6.07, 6.45) is -1.72. The van der Waals surface area contributed by atoms with Crippen molar-refractivity contribution >= 4 is 24.2 Å². The molecule has 1 aromatic carbocycles. The molecule has 0 aromatic heterocycles. The van der Waals surface area contributed by atoms with Gasteiger partial charge in [-0.15, -0.1) is 12.4 Å². The lowest BCUT2D eigenvalue weighted by Crippen LogP contribution is -2.35. The van der Waals surface area contributed by atoms with Crippen molar-refractivity contribution in [3.63, 3.8) is 0 Å². The van der Waals surface area contributed by atoms with Crippen molar-refractivity contribution < 1.29 is 24.2 Å². The van der Waals surface area contributed by atoms with Gasteiger partial charge in [0.2, 0.25) is 0 Å². The second kappa shape index (κ2) is 7.97. The summed E-state index contributed by atoms with van der Waals surface area (Å²) in [4.78, 5) is 22.8. The molecule has 0 aliphatic rings. The van der Waals surface area contributed by atoms with Gasteiger partial charge < -0.3 is 20.3 Å². The summed E-state index contributed by atoms with van der Waals surface area (Å²) in [5.41, 5.74) is 4.97. The highest BCUT2D eigenvalue weighted by molar-refractivity contribution is 5.97. The predicted octanol–water partition coefficient (Wildman–Crippen LogP) is 1.29. The highest BCUT2D eigenvalue weighted by Gasteiger charge is 2.24. The van der Waals surface area contributed by atoms with Crippen LogP contribution in [0, 0.1) is 0 Å². The van der Waals surface area contributed by atoms with Crippen molar-refractivity contribution in [1.82, 2.24) is 0 Å². The first-order valence-corrected chi connectivity index (χ1v) is 6.14. The van der Waals surface area contributed by atoms with Gasteiger partial charge in [0, 0.05) is 5.56 Å². The van der Waals surface area contributed by atoms with Gasteiger partial charge in [0.25, 0.3) is 6.29 Å². The summed E-state index contributed by atoms with van der Waals surface area (Å²) in [5, 5.41) is 9.58. The fourth-order valence-electron chi connectivity index (χ4n) is 1.37. The van der Waals surface area contributed by atoms with Gasteiger partial charge in [0.1, 0.15) is 11.4 Å². The van der Waals surface area contributed by atoms with Gasteiger partial charge in [-0.05, 0) is 45.0 Å². The molecule has 0 heterocycles. The molecule has 0 aliphatic carbocycles. The topological polar surface area (TPSA) is 98.9 Å². The minimum atomic E-state index is -1.72. The van der Waals surface area contributed by atoms with Crippen LogP contribution in [0.1, 0.15) is 31.1 Å². The highest BCUT2D eigenvalue weighted by atomic mass is 35.5. The van der Waals surface area contributed by atoms with E-state index in [-0.39, 0.29) is 30.5 Å². The molecule has 0 saturated carbocycles. The lowest BCUT2D eigenvalue weighted by Gasteiger charge is -2.21. The number of hydrogen-bond donors (Lipinski definition) is 2. The molecule has 118 valence electrons. The largest absolute Gasteiger partial charge is 0.455 e. The smallest absolute Gasteiger partial charge is 0.376 e. The van der Waals surface area contributed by atoms with Gasteiger partial charge in [-0.25, -0.2) is 4.79 Å². The number of carbonyl (C=O) groups excluding carboxylic acids is 2. The van der Waals surface area contributed by atoms with Crippen LogP contribution in [0.4, 0.5) is 0 Å². The number of aliphatic hydroxyl groups excluding tert-OH is 1. The Hall–Kier alpha value is -1.63. The van der Waals surface area contributed by atoms with E-state index in [2.05, 4.69) is 0 Å². The molecular formula is C14H20ClNO5. The average molecular weight is 318 g/mol. The molecule has 3 N–H and O–H groups in total. The Kier molecular flexibility index (Phi) is 7.35. The molecule has 0 aliphatic heterocycles. The van der Waals surface area contributed by atoms with Crippen LogP contribution in [-0.2, 0) is 9.53 Å². The van der Waals surface area contributed by atoms with E-state index in [0.717, 1.165) is 0 Å². The van der Waals surface area contributed by atoms with Crippen molar-refractivity contribution in [3.05, 3.63) is 29.8 Å². The maximum Gasteiger partial charge on any atom is 0.376 e. The average Bonchev–Trinajstić information content (AvgIpc) is 2.36. The van der Waals surface area contributed by atoms with Crippen molar-refractivity contribution in [2.24, 2.45) is 5.73 Å². The Bertz CT molecular complexity index is 481. The third-order valence-electron chi connectivity index (χ3n) is 2.22. The van der Waals surface area contributed by atoms with E-state index in [9.17, 15) is 14.7 Å². The van der Waals surface area contributed by atoms with Crippen molar-refractivity contribution in [2.45, 2.75) is 32.7 Å². The molecule has 0 spiro atoms. The van der Waals surface area contributed by atoms with Crippen LogP contribution in [0.15, 0.2) is 24.3 Å². The number of Topliss-reactive ketones (excluding diaryl/α,β-unsaturated/α-hetero) is 1. The van der Waals surface area contributed by atoms with Crippen LogP contribution in [-0.4, -0.2) is 35.3 Å². The molecule has 0 radical (unpaired) electrons. The SMILES string of the molecule is CC(C)(C)OC(=O)C(O)Oc1ccc(C(=O)CN)cc1.Cl. The summed E-state index contributed by atoms with van der Waals surface area (Å²) in [6, 6.07) is 5.95. The maximum atomic E-state index is 11.5. The van der Waals surface area contributed by atoms with Crippen LogP contribution in [0.3, 0.4) is 0 Å². The fourth-order valence-corrected chi connectivity index (χ4v) is 1.37. The second-order valence-electron chi connectivity index (χ2n) is 5.16. The Morgan fingerprint density at radius 2 is 1.76 bits per heavy atom. The minimum Gasteiger partial charge on any atom is -0.455 e. The number of carbonyl (C=O) groups is 2. The number of hydrogen-bond acceptors (Lipinski definition) is 6. The highest BCUT2D eigenvalue weighted by Crippen LogP contribution is 2.15. The molecule has 21 heavy (non-hydrogen) atoms. The molecule has 1 atom stereocenters. The second-order valence-corrected chi connectivity index (χ2v) is 5.16. The zero-order valence-corrected chi connectivity index (χ0v) is 13.0. The Balaban J connectivity index is 0.00000400. The van der Waals surface area contributed by atoms with E-state index in [0.29, 0.717) is 5.56 Å². The first-order valence-electron chi connectivity index (χ1n) is 6.14. The predicted molar refractivity (Wildman–Crippen MR) is 79.6 cm³/mol. The molecule has 1 rings (SSSR count). The third-order valence-corrected chi connectivity index (χ3v) is 2.22. The summed E-state index contributed by atoms with van der Waals surface area (Å²) >= 11 is 0. The summed E-state index contributed by atoms with van der Waals surface area (Å²) in [7, 11) is 0. The number of ketones is 1. The molecular weight excluding hydrogens is 298 g/mol. The molecule has 1 aromatic rings. The van der Waals surface area contributed by atoms with Crippen LogP contribution in [0.25, 0.3) is 0 Å². The molecule has 7 heteroatoms. The number of ether oxygens (including phenoxy) is 2. The molecule has 0 bridgehead atoms. The van der Waals surface area contributed by atoms with Gasteiger partial charge >= 0.3 is 5.97 Å². The number of esters is 1. The van der Waals surface area contributed by atoms with Gasteiger partial charge in [-0.1, -0.05) is 0 Å². The monoisotopic (exact) mass is 317 g/mol. The van der Waals surface area contributed by atoms with E-state index in [1.807, 2.05) is 0 Å². The quantitative estimate of drug-likeness (QED) is 0.482. The minimum absolute atomic E-state index is 0. The number of benzene rings is 1. The summed E-state index contributed by atoms with van der Waals surface area (Å²) in [5.74, 6) is -0.833. The third kappa shape index (κ3) is 6.57. The van der Waals surface area contributed by atoms with Gasteiger partial charge in [-0.3, -0.25) is 4.79 Å². The number of rotatable bonds is 5. The zero-order chi connectivity index (χ0) is 15.3. The van der Waals surface area contributed by atoms with Gasteiger partial charge in [0.05, 0.1) is 6.54 Å². The van der Waals surface area contributed by atoms with Crippen molar-refractivity contribution in [2.75, 3.05) is 6.54 Å². The molecule has 6 nitrogen and oxygen atoms in total. The van der Waals surface area contributed by atoms with Crippen LogP contribution in [0.2, 0.25) is 0 Å². The van der Waals surface area contributed by atoms with E-state index in [1.165, 1.54) is 24.3 Å². The van der Waals surface area contributed by atoms with Crippen LogP contribution < -0.4 is 10.5 Å². The molecule has 0 saturated heterocycles. The van der Waals surface area contributed by atoms with E-state index in [4.69, 9.17) is 15.2 Å². The van der Waals surface area contributed by atoms with Crippen molar-refractivity contribution in [1.29, 1.82) is 0 Å². The molecule has 0 fully saturated rings. The van der Waals surface area contributed by atoms with E-state index < -0.39 is 17.9 Å². The Labute approximate surface area is 129 Å². The van der Waals surface area contributed by atoms with Crippen molar-refractivity contribution in [3.8, 4) is 5.75 Å². The molecule has 1 unspecified atom stereocenters. The van der Waals surface area contributed by atoms with Crippen LogP contribution >= 0.6 is 12.4 Å². The van der Waals surface area contributed by atoms with E-state index in [1.54, 1.807) is 20.8 Å². The summed E-state index contributed by atoms with van der Waals surface area (Å²) < 4.78 is 10.00. The van der Waals surface area contributed by atoms with E-state index >= 15 is 0 Å². The fraction of sp³-hybridized carbons (Fsp3) is 0.429. The first-order chi connectivity index (χ1) is 9.23. The lowest BCUT2D eigenvalue weighted by atomic mass is 10.1. The van der Waals surface area contributed by atoms with Gasteiger partial charge in [0.15, 0.2) is 5.78 Å². The van der Waals surface area contributed by atoms with Gasteiger partial charge in [-0.2, -0.15) is 0 Å². The van der Waals surface area contributed by atoms with Crippen LogP contribution in [0.5, 0.6) is 5.75 Å². The number of aliphatic hydroxyl groups is 1. The zero-order valence-electron chi connectivity index (χ0n) is 12.2. The Morgan fingerprint density at radius 3 is 2.19 bits per heavy atom. The number of halogens is 1. The normalized spacial score (nSPS) is 12.0. The standard InChI is InChI=1S/C14H19NO5.ClH/c1-14(2,3)20-13(18)12(17)19-10-6-4-9(5-7-10)11(16)8-15;/h4-7,12,17H,8,15H2,1-3H3;1H. The lowest BCUT2D eigenvalue weighted by molar-refractivity contribution is -0.180. The summed E-state index contributed by atoms with van der Waals surface area (Å²) in [6.45, 7) is 4.97. The number of nitrogens with two attached hydrogens (primary N) is 1. The molecule has 0 amide bonds. The first kappa shape index (κ1) is 19.4. The maximum absolute atomic E-state index is 11.5. The Morgan fingerprint density at radius 1 is 1.24 bits per heavy atom.